The molecule has 0 radical (unpaired) electrons. The Morgan fingerprint density at radius 3 is 2.56 bits per heavy atom. The topological polar surface area (TPSA) is 72.6 Å². The molecule has 168 valence electrons. The minimum absolute atomic E-state index is 0.0896. The molecule has 3 aromatic rings. The van der Waals surface area contributed by atoms with Crippen molar-refractivity contribution in [2.24, 2.45) is 11.8 Å². The van der Waals surface area contributed by atoms with Gasteiger partial charge in [0.15, 0.2) is 5.65 Å². The average molecular weight is 441 g/mol. The van der Waals surface area contributed by atoms with Crippen molar-refractivity contribution in [3.8, 4) is 0 Å². The van der Waals surface area contributed by atoms with E-state index in [9.17, 15) is 13.6 Å². The van der Waals surface area contributed by atoms with Gasteiger partial charge in [-0.05, 0) is 74.8 Å². The molecule has 1 saturated heterocycles. The maximum Gasteiger partial charge on any atom is 0.249 e. The Kier molecular flexibility index (Phi) is 5.58. The number of hydrogen-bond acceptors (Lipinski definition) is 5. The fourth-order valence-corrected chi connectivity index (χ4v) is 4.88. The van der Waals surface area contributed by atoms with Crippen molar-refractivity contribution in [1.82, 2.24) is 24.9 Å². The van der Waals surface area contributed by atoms with Crippen LogP contribution in [0.1, 0.15) is 55.2 Å². The van der Waals surface area contributed by atoms with Crippen molar-refractivity contribution in [2.75, 3.05) is 6.61 Å². The Labute approximate surface area is 184 Å². The first kappa shape index (κ1) is 20.9. The van der Waals surface area contributed by atoms with E-state index in [1.54, 1.807) is 4.63 Å². The van der Waals surface area contributed by atoms with Gasteiger partial charge >= 0.3 is 0 Å². The Bertz CT molecular complexity index is 1120. The fourth-order valence-electron chi connectivity index (χ4n) is 4.88. The van der Waals surface area contributed by atoms with Crippen molar-refractivity contribution < 1.29 is 18.4 Å². The monoisotopic (exact) mass is 441 g/mol. The number of carbonyl (C=O) groups excluding carboxylic acids is 1. The molecule has 0 bridgehead atoms. The number of hydroxylamine groups is 2. The second-order valence-electron chi connectivity index (χ2n) is 8.76. The molecule has 3 heterocycles. The highest BCUT2D eigenvalue weighted by Crippen LogP contribution is 2.37. The zero-order valence-electron chi connectivity index (χ0n) is 17.9. The molecule has 1 aliphatic heterocycles. The molecule has 9 heteroatoms. The highest BCUT2D eigenvalue weighted by atomic mass is 19.1. The molecule has 32 heavy (non-hydrogen) atoms. The van der Waals surface area contributed by atoms with Crippen LogP contribution in [0.2, 0.25) is 0 Å². The summed E-state index contributed by atoms with van der Waals surface area (Å²) < 4.78 is 28.9. The number of hydrogen-bond donors (Lipinski definition) is 0. The van der Waals surface area contributed by atoms with Gasteiger partial charge in [0.25, 0.3) is 0 Å². The van der Waals surface area contributed by atoms with Gasteiger partial charge in [-0.25, -0.2) is 18.8 Å². The third-order valence-corrected chi connectivity index (χ3v) is 6.45. The molecule has 1 amide bonds. The van der Waals surface area contributed by atoms with Crippen LogP contribution in [0.5, 0.6) is 0 Å². The van der Waals surface area contributed by atoms with E-state index in [1.807, 2.05) is 19.1 Å². The van der Waals surface area contributed by atoms with Crippen LogP contribution in [-0.4, -0.2) is 37.4 Å². The smallest absolute Gasteiger partial charge is 0.249 e. The van der Waals surface area contributed by atoms with Crippen molar-refractivity contribution in [2.45, 2.75) is 51.5 Å². The van der Waals surface area contributed by atoms with E-state index >= 15 is 0 Å². The molecule has 1 aromatic carbocycles. The maximum absolute atomic E-state index is 13.7. The van der Waals surface area contributed by atoms with Crippen molar-refractivity contribution in [3.63, 3.8) is 0 Å². The van der Waals surface area contributed by atoms with E-state index in [0.29, 0.717) is 30.3 Å². The van der Waals surface area contributed by atoms with Gasteiger partial charge < -0.3 is 0 Å². The number of halogens is 2. The summed E-state index contributed by atoms with van der Waals surface area (Å²) in [6.07, 6.45) is 4.72. The lowest BCUT2D eigenvalue weighted by molar-refractivity contribution is -0.183. The van der Waals surface area contributed by atoms with Crippen LogP contribution in [-0.2, 0) is 16.1 Å². The van der Waals surface area contributed by atoms with Crippen LogP contribution >= 0.6 is 0 Å². The van der Waals surface area contributed by atoms with Gasteiger partial charge in [-0.2, -0.15) is 5.10 Å². The second-order valence-corrected chi connectivity index (χ2v) is 8.76. The molecule has 7 nitrogen and oxygen atoms in total. The van der Waals surface area contributed by atoms with Gasteiger partial charge in [0.1, 0.15) is 17.5 Å². The molecular weight excluding hydrogens is 416 g/mol. The number of rotatable bonds is 4. The minimum atomic E-state index is -0.646. The molecule has 0 spiro atoms. The van der Waals surface area contributed by atoms with Crippen molar-refractivity contribution in [1.29, 1.82) is 0 Å². The highest BCUT2D eigenvalue weighted by Gasteiger charge is 2.37. The van der Waals surface area contributed by atoms with E-state index in [0.717, 1.165) is 49.5 Å². The van der Waals surface area contributed by atoms with E-state index in [-0.39, 0.29) is 11.8 Å². The summed E-state index contributed by atoms with van der Waals surface area (Å²) in [5.74, 6) is -0.384. The molecule has 0 N–H and O–H groups in total. The van der Waals surface area contributed by atoms with Gasteiger partial charge in [-0.15, -0.1) is 9.73 Å². The minimum Gasteiger partial charge on any atom is -0.272 e. The Morgan fingerprint density at radius 1 is 1.06 bits per heavy atom. The highest BCUT2D eigenvalue weighted by molar-refractivity contribution is 5.78. The number of nitrogens with zero attached hydrogens (tertiary/aromatic N) is 5. The molecule has 2 aromatic heterocycles. The van der Waals surface area contributed by atoms with Gasteiger partial charge in [0.05, 0.1) is 18.3 Å². The summed E-state index contributed by atoms with van der Waals surface area (Å²) in [5, 5.41) is 10.2. The second kappa shape index (κ2) is 8.54. The van der Waals surface area contributed by atoms with E-state index in [2.05, 4.69) is 15.2 Å². The SMILES string of the molecule is Cc1nc2ccc(CC3CCC(C(=O)N4OCC[C@H]4c4cc(F)cc(F)c4)CC3)nn2n1. The Balaban J connectivity index is 1.21. The van der Waals surface area contributed by atoms with Crippen molar-refractivity contribution in [3.05, 3.63) is 59.0 Å². The number of aryl methyl sites for hydroxylation is 1. The van der Waals surface area contributed by atoms with E-state index in [1.165, 1.54) is 17.2 Å². The van der Waals surface area contributed by atoms with E-state index < -0.39 is 17.7 Å². The molecular formula is C23H25F2N5O2. The van der Waals surface area contributed by atoms with Gasteiger partial charge in [0, 0.05) is 18.4 Å². The molecule has 1 saturated carbocycles. The third-order valence-electron chi connectivity index (χ3n) is 6.45. The Hall–Kier alpha value is -2.94. The van der Waals surface area contributed by atoms with Gasteiger partial charge in [-0.3, -0.25) is 9.63 Å². The molecule has 2 fully saturated rings. The van der Waals surface area contributed by atoms with Gasteiger partial charge in [-0.1, -0.05) is 0 Å². The first-order chi connectivity index (χ1) is 15.5. The van der Waals surface area contributed by atoms with Crippen LogP contribution in [0.4, 0.5) is 8.78 Å². The molecule has 1 atom stereocenters. The summed E-state index contributed by atoms with van der Waals surface area (Å²) in [6, 6.07) is 6.86. The number of carbonyl (C=O) groups is 1. The molecule has 0 unspecified atom stereocenters. The first-order valence-electron chi connectivity index (χ1n) is 11.1. The number of benzene rings is 1. The van der Waals surface area contributed by atoms with Crippen LogP contribution < -0.4 is 0 Å². The normalized spacial score (nSPS) is 23.7. The number of fused-ring (bicyclic) bond motifs is 1. The summed E-state index contributed by atoms with van der Waals surface area (Å²) in [4.78, 5) is 23.0. The van der Waals surface area contributed by atoms with E-state index in [4.69, 9.17) is 4.84 Å². The van der Waals surface area contributed by atoms with Gasteiger partial charge in [0.2, 0.25) is 5.91 Å². The Morgan fingerprint density at radius 2 is 1.81 bits per heavy atom. The summed E-state index contributed by atoms with van der Waals surface area (Å²) in [6.45, 7) is 2.20. The zero-order chi connectivity index (χ0) is 22.2. The third kappa shape index (κ3) is 4.21. The largest absolute Gasteiger partial charge is 0.272 e. The average Bonchev–Trinajstić information content (AvgIpc) is 3.39. The summed E-state index contributed by atoms with van der Waals surface area (Å²) in [7, 11) is 0. The predicted molar refractivity (Wildman–Crippen MR) is 111 cm³/mol. The lowest BCUT2D eigenvalue weighted by Crippen LogP contribution is -2.36. The van der Waals surface area contributed by atoms with Crippen LogP contribution in [0.25, 0.3) is 5.65 Å². The summed E-state index contributed by atoms with van der Waals surface area (Å²) in [5.41, 5.74) is 2.14. The fraction of sp³-hybridized carbons (Fsp3) is 0.478. The summed E-state index contributed by atoms with van der Waals surface area (Å²) >= 11 is 0. The molecule has 5 rings (SSSR count). The molecule has 1 aliphatic carbocycles. The lowest BCUT2D eigenvalue weighted by atomic mass is 9.79. The lowest BCUT2D eigenvalue weighted by Gasteiger charge is -2.32. The maximum atomic E-state index is 13.7. The standard InChI is InChI=1S/C23H25F2N5O2/c1-14-26-22-7-6-20(28-30(22)27-14)10-15-2-4-16(5-3-15)23(31)29-21(8-9-32-29)17-11-18(24)13-19(25)12-17/h6-7,11-13,15-16,21H,2-5,8-10H2,1H3/t15?,16?,21-/m0/s1. The van der Waals surface area contributed by atoms with Crippen LogP contribution in [0.3, 0.4) is 0 Å². The zero-order valence-corrected chi connectivity index (χ0v) is 17.9. The van der Waals surface area contributed by atoms with Crippen molar-refractivity contribution >= 4 is 11.6 Å². The quantitative estimate of drug-likeness (QED) is 0.613. The first-order valence-corrected chi connectivity index (χ1v) is 11.1. The predicted octanol–water partition coefficient (Wildman–Crippen LogP) is 3.97. The number of aromatic nitrogens is 4. The molecule has 2 aliphatic rings. The number of amides is 1. The van der Waals surface area contributed by atoms with Crippen LogP contribution in [0, 0.1) is 30.4 Å². The van der Waals surface area contributed by atoms with Crippen LogP contribution in [0.15, 0.2) is 30.3 Å².